The van der Waals surface area contributed by atoms with Gasteiger partial charge in [0.2, 0.25) is 5.91 Å². The first-order valence-corrected chi connectivity index (χ1v) is 7.16. The molecule has 1 aromatic heterocycles. The summed E-state index contributed by atoms with van der Waals surface area (Å²) in [4.78, 5) is 16.0. The molecule has 0 bridgehead atoms. The van der Waals surface area contributed by atoms with Gasteiger partial charge in [-0.2, -0.15) is 0 Å². The zero-order valence-corrected chi connectivity index (χ0v) is 12.1. The van der Waals surface area contributed by atoms with E-state index in [-0.39, 0.29) is 5.91 Å². The van der Waals surface area contributed by atoms with E-state index in [0.717, 1.165) is 22.9 Å². The molecule has 3 rings (SSSR count). The van der Waals surface area contributed by atoms with Gasteiger partial charge in [-0.15, -0.1) is 0 Å². The van der Waals surface area contributed by atoms with Crippen LogP contribution in [-0.4, -0.2) is 10.9 Å². The number of anilines is 1. The van der Waals surface area contributed by atoms with Crippen molar-refractivity contribution >= 4 is 22.4 Å². The Kier molecular flexibility index (Phi) is 4.25. The van der Waals surface area contributed by atoms with Crippen LogP contribution in [0.5, 0.6) is 0 Å². The van der Waals surface area contributed by atoms with Crippen molar-refractivity contribution in [2.45, 2.75) is 6.42 Å². The van der Waals surface area contributed by atoms with Crippen molar-refractivity contribution in [1.29, 1.82) is 0 Å². The molecule has 0 unspecified atom stereocenters. The van der Waals surface area contributed by atoms with Gasteiger partial charge in [-0.3, -0.25) is 9.78 Å². The molecule has 108 valence electrons. The van der Waals surface area contributed by atoms with Gasteiger partial charge in [0.1, 0.15) is 0 Å². The summed E-state index contributed by atoms with van der Waals surface area (Å²) in [7, 11) is 0. The van der Waals surface area contributed by atoms with Crippen molar-refractivity contribution in [3.63, 3.8) is 0 Å². The molecule has 3 nitrogen and oxygen atoms in total. The highest BCUT2D eigenvalue weighted by atomic mass is 16.1. The molecule has 1 amide bonds. The molecule has 0 saturated carbocycles. The van der Waals surface area contributed by atoms with Gasteiger partial charge in [-0.25, -0.2) is 0 Å². The topological polar surface area (TPSA) is 42.0 Å². The molecule has 0 radical (unpaired) electrons. The lowest BCUT2D eigenvalue weighted by molar-refractivity contribution is -0.111. The molecule has 0 saturated heterocycles. The molecule has 0 aliphatic rings. The predicted octanol–water partition coefficient (Wildman–Crippen LogP) is 3.97. The van der Waals surface area contributed by atoms with Crippen molar-refractivity contribution in [3.05, 3.63) is 84.7 Å². The molecule has 3 aromatic rings. The first-order chi connectivity index (χ1) is 10.8. The number of aromatic nitrogens is 1. The van der Waals surface area contributed by atoms with Gasteiger partial charge in [0, 0.05) is 23.5 Å². The lowest BCUT2D eigenvalue weighted by Crippen LogP contribution is -2.07. The van der Waals surface area contributed by atoms with E-state index in [9.17, 15) is 4.79 Å². The lowest BCUT2D eigenvalue weighted by Gasteiger charge is -2.04. The fourth-order valence-corrected chi connectivity index (χ4v) is 2.26. The normalized spacial score (nSPS) is 10.9. The Balaban J connectivity index is 1.63. The average molecular weight is 288 g/mol. The Hall–Kier alpha value is -2.94. The number of fused-ring (bicyclic) bond motifs is 1. The maximum atomic E-state index is 11.9. The summed E-state index contributed by atoms with van der Waals surface area (Å²) in [5.74, 6) is -0.121. The van der Waals surface area contributed by atoms with Crippen LogP contribution >= 0.6 is 0 Å². The molecule has 3 heteroatoms. The summed E-state index contributed by atoms with van der Waals surface area (Å²) >= 11 is 0. The van der Waals surface area contributed by atoms with Gasteiger partial charge in [0.05, 0.1) is 0 Å². The van der Waals surface area contributed by atoms with Crippen LogP contribution in [0.2, 0.25) is 0 Å². The Morgan fingerprint density at radius 2 is 1.91 bits per heavy atom. The largest absolute Gasteiger partial charge is 0.323 e. The van der Waals surface area contributed by atoms with Gasteiger partial charge >= 0.3 is 0 Å². The first kappa shape index (κ1) is 14.0. The second-order valence-corrected chi connectivity index (χ2v) is 5.02. The van der Waals surface area contributed by atoms with Crippen LogP contribution < -0.4 is 5.32 Å². The summed E-state index contributed by atoms with van der Waals surface area (Å²) in [6, 6.07) is 17.8. The monoisotopic (exact) mass is 288 g/mol. The molecular formula is C19H16N2O. The quantitative estimate of drug-likeness (QED) is 0.738. The standard InChI is InChI=1S/C19H16N2O/c22-19(8-4-7-15-5-2-1-3-6-15)21-18-10-9-17-14-20-12-11-16(17)13-18/h1-6,8-14H,7H2,(H,21,22)/b8-4+. The van der Waals surface area contributed by atoms with Crippen LogP contribution in [0.15, 0.2) is 79.1 Å². The maximum absolute atomic E-state index is 11.9. The Bertz CT molecular complexity index is 810. The molecule has 1 heterocycles. The van der Waals surface area contributed by atoms with Crippen molar-refractivity contribution in [1.82, 2.24) is 4.98 Å². The van der Waals surface area contributed by atoms with E-state index in [0.29, 0.717) is 0 Å². The summed E-state index contributed by atoms with van der Waals surface area (Å²) in [6.07, 6.45) is 7.74. The molecule has 22 heavy (non-hydrogen) atoms. The van der Waals surface area contributed by atoms with E-state index in [1.807, 2.05) is 60.7 Å². The first-order valence-electron chi connectivity index (χ1n) is 7.16. The minimum Gasteiger partial charge on any atom is -0.323 e. The predicted molar refractivity (Wildman–Crippen MR) is 89.7 cm³/mol. The number of rotatable bonds is 4. The van der Waals surface area contributed by atoms with Crippen LogP contribution in [0.3, 0.4) is 0 Å². The summed E-state index contributed by atoms with van der Waals surface area (Å²) in [6.45, 7) is 0. The number of benzene rings is 2. The van der Waals surface area contributed by atoms with E-state index in [2.05, 4.69) is 10.3 Å². The highest BCUT2D eigenvalue weighted by Gasteiger charge is 1.99. The Morgan fingerprint density at radius 1 is 1.05 bits per heavy atom. The fraction of sp³-hybridized carbons (Fsp3) is 0.0526. The second-order valence-electron chi connectivity index (χ2n) is 5.02. The van der Waals surface area contributed by atoms with Gasteiger partial charge in [0.25, 0.3) is 0 Å². The summed E-state index contributed by atoms with van der Waals surface area (Å²) in [5, 5.41) is 4.99. The smallest absolute Gasteiger partial charge is 0.248 e. The van der Waals surface area contributed by atoms with Crippen molar-refractivity contribution in [3.8, 4) is 0 Å². The third-order valence-corrected chi connectivity index (χ3v) is 3.37. The Labute approximate surface area is 129 Å². The van der Waals surface area contributed by atoms with Gasteiger partial charge in [-0.05, 0) is 41.6 Å². The number of allylic oxidation sites excluding steroid dienone is 1. The molecule has 2 aromatic carbocycles. The Morgan fingerprint density at radius 3 is 2.77 bits per heavy atom. The number of nitrogens with zero attached hydrogens (tertiary/aromatic N) is 1. The van der Waals surface area contributed by atoms with E-state index in [4.69, 9.17) is 0 Å². The summed E-state index contributed by atoms with van der Waals surface area (Å²) < 4.78 is 0. The third-order valence-electron chi connectivity index (χ3n) is 3.37. The molecule has 0 aliphatic carbocycles. The van der Waals surface area contributed by atoms with Crippen LogP contribution in [0.4, 0.5) is 5.69 Å². The highest BCUT2D eigenvalue weighted by molar-refractivity contribution is 6.00. The maximum Gasteiger partial charge on any atom is 0.248 e. The zero-order chi connectivity index (χ0) is 15.2. The number of hydrogen-bond donors (Lipinski definition) is 1. The van der Waals surface area contributed by atoms with E-state index < -0.39 is 0 Å². The summed E-state index contributed by atoms with van der Waals surface area (Å²) in [5.41, 5.74) is 1.97. The number of carbonyl (C=O) groups excluding carboxylic acids is 1. The van der Waals surface area contributed by atoms with Crippen LogP contribution in [0.25, 0.3) is 10.8 Å². The van der Waals surface area contributed by atoms with Crippen molar-refractivity contribution in [2.75, 3.05) is 5.32 Å². The number of nitrogens with one attached hydrogen (secondary N) is 1. The van der Waals surface area contributed by atoms with E-state index >= 15 is 0 Å². The minimum atomic E-state index is -0.121. The highest BCUT2D eigenvalue weighted by Crippen LogP contribution is 2.17. The molecular weight excluding hydrogens is 272 g/mol. The number of pyridine rings is 1. The van der Waals surface area contributed by atoms with Crippen LogP contribution in [-0.2, 0) is 11.2 Å². The molecule has 0 fully saturated rings. The zero-order valence-electron chi connectivity index (χ0n) is 12.1. The van der Waals surface area contributed by atoms with Crippen LogP contribution in [0, 0.1) is 0 Å². The fourth-order valence-electron chi connectivity index (χ4n) is 2.26. The number of carbonyl (C=O) groups is 1. The molecule has 0 aliphatic heterocycles. The molecule has 0 spiro atoms. The van der Waals surface area contributed by atoms with E-state index in [1.54, 1.807) is 18.5 Å². The van der Waals surface area contributed by atoms with Crippen molar-refractivity contribution in [2.24, 2.45) is 0 Å². The average Bonchev–Trinajstić information content (AvgIpc) is 2.56. The minimum absolute atomic E-state index is 0.121. The van der Waals surface area contributed by atoms with E-state index in [1.165, 1.54) is 5.56 Å². The number of hydrogen-bond acceptors (Lipinski definition) is 2. The molecule has 0 atom stereocenters. The second kappa shape index (κ2) is 6.68. The van der Waals surface area contributed by atoms with Gasteiger partial charge < -0.3 is 5.32 Å². The van der Waals surface area contributed by atoms with Gasteiger partial charge in [0.15, 0.2) is 0 Å². The van der Waals surface area contributed by atoms with Crippen molar-refractivity contribution < 1.29 is 4.79 Å². The molecule has 1 N–H and O–H groups in total. The number of amides is 1. The SMILES string of the molecule is O=C(/C=C/Cc1ccccc1)Nc1ccc2cnccc2c1. The van der Waals surface area contributed by atoms with Gasteiger partial charge in [-0.1, -0.05) is 42.5 Å². The van der Waals surface area contributed by atoms with Crippen LogP contribution in [0.1, 0.15) is 5.56 Å². The third kappa shape index (κ3) is 3.58. The lowest BCUT2D eigenvalue weighted by atomic mass is 10.1.